The minimum atomic E-state index is -0.138. The fourth-order valence-electron chi connectivity index (χ4n) is 3.24. The maximum absolute atomic E-state index is 12.4. The third kappa shape index (κ3) is 4.21. The van der Waals surface area contributed by atoms with Crippen molar-refractivity contribution in [2.75, 3.05) is 26.7 Å². The molecule has 0 saturated carbocycles. The average Bonchev–Trinajstić information content (AvgIpc) is 3.34. The SMILES string of the molecule is COc1ccc(C(CNC(=O)c2coc(CN)c2)N2CCCC2)cc1. The lowest BCUT2D eigenvalue weighted by molar-refractivity contribution is 0.0937. The number of nitrogens with zero attached hydrogens (tertiary/aromatic N) is 1. The number of amides is 1. The van der Waals surface area contributed by atoms with Crippen LogP contribution in [-0.2, 0) is 6.54 Å². The quantitative estimate of drug-likeness (QED) is 0.806. The maximum atomic E-state index is 12.4. The van der Waals surface area contributed by atoms with Gasteiger partial charge < -0.3 is 20.2 Å². The summed E-state index contributed by atoms with van der Waals surface area (Å²) in [5, 5.41) is 3.03. The van der Waals surface area contributed by atoms with E-state index in [1.165, 1.54) is 24.7 Å². The first-order valence-corrected chi connectivity index (χ1v) is 8.65. The summed E-state index contributed by atoms with van der Waals surface area (Å²) in [5.41, 5.74) is 7.21. The standard InChI is InChI=1S/C19H25N3O3/c1-24-16-6-4-14(5-7-16)18(22-8-2-3-9-22)12-21-19(23)15-10-17(11-20)25-13-15/h4-7,10,13,18H,2-3,8-9,11-12,20H2,1H3,(H,21,23). The van der Waals surface area contributed by atoms with Gasteiger partial charge in [-0.25, -0.2) is 0 Å². The Morgan fingerprint density at radius 3 is 2.64 bits per heavy atom. The van der Waals surface area contributed by atoms with E-state index >= 15 is 0 Å². The molecule has 1 saturated heterocycles. The highest BCUT2D eigenvalue weighted by Crippen LogP contribution is 2.26. The van der Waals surface area contributed by atoms with Gasteiger partial charge in [0.2, 0.25) is 0 Å². The van der Waals surface area contributed by atoms with E-state index in [-0.39, 0.29) is 18.5 Å². The number of nitrogens with one attached hydrogen (secondary N) is 1. The van der Waals surface area contributed by atoms with Crippen LogP contribution in [0.2, 0.25) is 0 Å². The molecule has 1 amide bonds. The Balaban J connectivity index is 1.69. The van der Waals surface area contributed by atoms with Crippen LogP contribution >= 0.6 is 0 Å². The van der Waals surface area contributed by atoms with Crippen LogP contribution in [0.4, 0.5) is 0 Å². The van der Waals surface area contributed by atoms with E-state index < -0.39 is 0 Å². The van der Waals surface area contributed by atoms with Crippen molar-refractivity contribution in [3.63, 3.8) is 0 Å². The Hall–Kier alpha value is -2.31. The molecular formula is C19H25N3O3. The van der Waals surface area contributed by atoms with E-state index in [0.717, 1.165) is 18.8 Å². The summed E-state index contributed by atoms with van der Waals surface area (Å²) >= 11 is 0. The van der Waals surface area contributed by atoms with Gasteiger partial charge in [0.25, 0.3) is 5.91 Å². The zero-order valence-electron chi connectivity index (χ0n) is 14.5. The summed E-state index contributed by atoms with van der Waals surface area (Å²) in [6.45, 7) is 2.94. The first-order valence-electron chi connectivity index (χ1n) is 8.65. The monoisotopic (exact) mass is 343 g/mol. The van der Waals surface area contributed by atoms with Gasteiger partial charge in [-0.1, -0.05) is 12.1 Å². The molecule has 134 valence electrons. The van der Waals surface area contributed by atoms with Crippen molar-refractivity contribution in [3.8, 4) is 5.75 Å². The topological polar surface area (TPSA) is 80.7 Å². The molecule has 0 spiro atoms. The fourth-order valence-corrected chi connectivity index (χ4v) is 3.24. The van der Waals surface area contributed by atoms with E-state index in [4.69, 9.17) is 14.9 Å². The van der Waals surface area contributed by atoms with Crippen LogP contribution < -0.4 is 15.8 Å². The molecule has 0 bridgehead atoms. The molecule has 0 radical (unpaired) electrons. The van der Waals surface area contributed by atoms with E-state index in [2.05, 4.69) is 22.3 Å². The highest BCUT2D eigenvalue weighted by atomic mass is 16.5. The van der Waals surface area contributed by atoms with Crippen LogP contribution in [0.1, 0.15) is 40.6 Å². The molecule has 1 fully saturated rings. The number of benzene rings is 1. The van der Waals surface area contributed by atoms with Gasteiger partial charge in [0.1, 0.15) is 17.8 Å². The predicted octanol–water partition coefficient (Wildman–Crippen LogP) is 2.31. The van der Waals surface area contributed by atoms with Gasteiger partial charge in [-0.3, -0.25) is 9.69 Å². The Labute approximate surface area is 147 Å². The van der Waals surface area contributed by atoms with Crippen LogP contribution in [-0.4, -0.2) is 37.6 Å². The molecule has 3 rings (SSSR count). The van der Waals surface area contributed by atoms with Gasteiger partial charge in [-0.2, -0.15) is 0 Å². The summed E-state index contributed by atoms with van der Waals surface area (Å²) in [6.07, 6.45) is 3.85. The summed E-state index contributed by atoms with van der Waals surface area (Å²) in [6, 6.07) is 9.90. The zero-order chi connectivity index (χ0) is 17.6. The van der Waals surface area contributed by atoms with Gasteiger partial charge in [0, 0.05) is 6.54 Å². The van der Waals surface area contributed by atoms with Gasteiger partial charge >= 0.3 is 0 Å². The molecule has 1 aromatic heterocycles. The Bertz CT molecular complexity index is 690. The Kier molecular flexibility index (Phi) is 5.73. The number of hydrogen-bond acceptors (Lipinski definition) is 5. The van der Waals surface area contributed by atoms with Crippen LogP contribution in [0.15, 0.2) is 41.0 Å². The van der Waals surface area contributed by atoms with E-state index in [9.17, 15) is 4.79 Å². The number of methoxy groups -OCH3 is 1. The summed E-state index contributed by atoms with van der Waals surface area (Å²) in [7, 11) is 1.66. The number of furan rings is 1. The molecule has 3 N–H and O–H groups in total. The number of likely N-dealkylation sites (tertiary alicyclic amines) is 1. The average molecular weight is 343 g/mol. The van der Waals surface area contributed by atoms with Gasteiger partial charge in [0.05, 0.1) is 25.3 Å². The molecule has 1 atom stereocenters. The van der Waals surface area contributed by atoms with Crippen molar-refractivity contribution in [1.29, 1.82) is 0 Å². The van der Waals surface area contributed by atoms with Crippen LogP contribution in [0, 0.1) is 0 Å². The first-order chi connectivity index (χ1) is 12.2. The number of hydrogen-bond donors (Lipinski definition) is 2. The lowest BCUT2D eigenvalue weighted by Crippen LogP contribution is -2.36. The molecule has 25 heavy (non-hydrogen) atoms. The van der Waals surface area contributed by atoms with Gasteiger partial charge in [0.15, 0.2) is 0 Å². The van der Waals surface area contributed by atoms with Crippen molar-refractivity contribution in [3.05, 3.63) is 53.5 Å². The van der Waals surface area contributed by atoms with Crippen molar-refractivity contribution < 1.29 is 13.9 Å². The number of rotatable bonds is 7. The highest BCUT2D eigenvalue weighted by Gasteiger charge is 2.24. The highest BCUT2D eigenvalue weighted by molar-refractivity contribution is 5.94. The van der Waals surface area contributed by atoms with Crippen molar-refractivity contribution >= 4 is 5.91 Å². The second-order valence-corrected chi connectivity index (χ2v) is 6.25. The van der Waals surface area contributed by atoms with E-state index in [1.807, 2.05) is 12.1 Å². The smallest absolute Gasteiger partial charge is 0.254 e. The fraction of sp³-hybridized carbons (Fsp3) is 0.421. The molecule has 2 aromatic rings. The number of ether oxygens (including phenoxy) is 1. The summed E-state index contributed by atoms with van der Waals surface area (Å²) in [4.78, 5) is 14.8. The summed E-state index contributed by atoms with van der Waals surface area (Å²) < 4.78 is 10.5. The number of nitrogens with two attached hydrogens (primary N) is 1. The number of carbonyl (C=O) groups is 1. The molecule has 1 aromatic carbocycles. The lowest BCUT2D eigenvalue weighted by atomic mass is 10.0. The van der Waals surface area contributed by atoms with E-state index in [1.54, 1.807) is 13.2 Å². The second-order valence-electron chi connectivity index (χ2n) is 6.25. The predicted molar refractivity (Wildman–Crippen MR) is 95.5 cm³/mol. The number of carbonyl (C=O) groups excluding carboxylic acids is 1. The Morgan fingerprint density at radius 2 is 2.04 bits per heavy atom. The largest absolute Gasteiger partial charge is 0.497 e. The third-order valence-corrected chi connectivity index (χ3v) is 4.66. The zero-order valence-corrected chi connectivity index (χ0v) is 14.5. The molecule has 6 nitrogen and oxygen atoms in total. The normalized spacial score (nSPS) is 15.9. The molecule has 0 aliphatic carbocycles. The Morgan fingerprint density at radius 1 is 1.32 bits per heavy atom. The van der Waals surface area contributed by atoms with Crippen LogP contribution in [0.5, 0.6) is 5.75 Å². The lowest BCUT2D eigenvalue weighted by Gasteiger charge is -2.28. The molecule has 1 unspecified atom stereocenters. The van der Waals surface area contributed by atoms with Crippen LogP contribution in [0.3, 0.4) is 0 Å². The maximum Gasteiger partial charge on any atom is 0.254 e. The first kappa shape index (κ1) is 17.5. The van der Waals surface area contributed by atoms with Crippen molar-refractivity contribution in [2.45, 2.75) is 25.4 Å². The molecule has 6 heteroatoms. The second kappa shape index (κ2) is 8.18. The third-order valence-electron chi connectivity index (χ3n) is 4.66. The van der Waals surface area contributed by atoms with E-state index in [0.29, 0.717) is 17.9 Å². The van der Waals surface area contributed by atoms with Gasteiger partial charge in [-0.15, -0.1) is 0 Å². The minimum Gasteiger partial charge on any atom is -0.497 e. The minimum absolute atomic E-state index is 0.138. The van der Waals surface area contributed by atoms with Gasteiger partial charge in [-0.05, 0) is 49.7 Å². The van der Waals surface area contributed by atoms with Crippen molar-refractivity contribution in [1.82, 2.24) is 10.2 Å². The van der Waals surface area contributed by atoms with Crippen molar-refractivity contribution in [2.24, 2.45) is 5.73 Å². The molecule has 1 aliphatic heterocycles. The van der Waals surface area contributed by atoms with Crippen LogP contribution in [0.25, 0.3) is 0 Å². The summed E-state index contributed by atoms with van der Waals surface area (Å²) in [5.74, 6) is 1.30. The molecular weight excluding hydrogens is 318 g/mol. The molecule has 1 aliphatic rings. The molecule has 2 heterocycles.